The number of fused-ring (bicyclic) bond motifs is 1. The van der Waals surface area contributed by atoms with Crippen LogP contribution >= 0.6 is 0 Å². The van der Waals surface area contributed by atoms with Crippen LogP contribution in [0.4, 0.5) is 0 Å². The number of carbonyl (C=O) groups excluding carboxylic acids is 1. The van der Waals surface area contributed by atoms with Gasteiger partial charge >= 0.3 is 0 Å². The molecule has 0 radical (unpaired) electrons. The minimum Gasteiger partial charge on any atom is -0.497 e. The Hall–Kier alpha value is -1.55. The van der Waals surface area contributed by atoms with Crippen LogP contribution in [0.5, 0.6) is 5.75 Å². The second-order valence-electron chi connectivity index (χ2n) is 5.27. The van der Waals surface area contributed by atoms with Crippen molar-refractivity contribution in [3.05, 3.63) is 29.8 Å². The van der Waals surface area contributed by atoms with Gasteiger partial charge in [0.15, 0.2) is 0 Å². The first kappa shape index (κ1) is 12.5. The Kier molecular flexibility index (Phi) is 3.19. The lowest BCUT2D eigenvalue weighted by Gasteiger charge is -2.38. The summed E-state index contributed by atoms with van der Waals surface area (Å²) in [5.41, 5.74) is 0.876. The first-order valence-corrected chi connectivity index (χ1v) is 6.96. The zero-order valence-electron chi connectivity index (χ0n) is 11.3. The molecule has 0 aromatic heterocycles. The summed E-state index contributed by atoms with van der Waals surface area (Å²) in [5.74, 6) is 1.12. The summed E-state index contributed by atoms with van der Waals surface area (Å²) < 4.78 is 5.21. The summed E-state index contributed by atoms with van der Waals surface area (Å²) in [7, 11) is 1.67. The maximum Gasteiger partial charge on any atom is 0.224 e. The zero-order valence-corrected chi connectivity index (χ0v) is 11.3. The molecule has 3 rings (SSSR count). The maximum absolute atomic E-state index is 12.1. The van der Waals surface area contributed by atoms with Gasteiger partial charge in [0.25, 0.3) is 0 Å². The van der Waals surface area contributed by atoms with Crippen molar-refractivity contribution in [2.75, 3.05) is 20.2 Å². The lowest BCUT2D eigenvalue weighted by atomic mass is 9.96. The van der Waals surface area contributed by atoms with Gasteiger partial charge in [0, 0.05) is 13.0 Å². The first-order chi connectivity index (χ1) is 9.26. The number of nitrogens with zero attached hydrogens (tertiary/aromatic N) is 1. The average Bonchev–Trinajstić information content (AvgIpc) is 2.65. The topological polar surface area (TPSA) is 41.6 Å². The van der Waals surface area contributed by atoms with Crippen LogP contribution in [0, 0.1) is 0 Å². The third-order valence-corrected chi connectivity index (χ3v) is 4.26. The van der Waals surface area contributed by atoms with Crippen LogP contribution in [0.25, 0.3) is 0 Å². The molecular formula is C15H20N2O2. The van der Waals surface area contributed by atoms with Crippen molar-refractivity contribution >= 4 is 5.91 Å². The van der Waals surface area contributed by atoms with E-state index < -0.39 is 0 Å². The third kappa shape index (κ3) is 2.00. The Morgan fingerprint density at radius 3 is 2.79 bits per heavy atom. The number of hydrogen-bond acceptors (Lipinski definition) is 3. The highest BCUT2D eigenvalue weighted by atomic mass is 16.5. The van der Waals surface area contributed by atoms with Gasteiger partial charge in [0.1, 0.15) is 11.4 Å². The molecule has 0 saturated carbocycles. The normalized spacial score (nSPS) is 27.0. The molecule has 0 unspecified atom stereocenters. The van der Waals surface area contributed by atoms with Crippen LogP contribution in [0.15, 0.2) is 24.3 Å². The molecular weight excluding hydrogens is 240 g/mol. The molecule has 2 aliphatic rings. The van der Waals surface area contributed by atoms with E-state index in [1.165, 1.54) is 5.56 Å². The van der Waals surface area contributed by atoms with Crippen molar-refractivity contribution in [1.82, 2.24) is 10.2 Å². The molecule has 1 aromatic carbocycles. The molecule has 1 atom stereocenters. The van der Waals surface area contributed by atoms with Crippen molar-refractivity contribution in [3.8, 4) is 5.75 Å². The van der Waals surface area contributed by atoms with Gasteiger partial charge in [-0.2, -0.15) is 0 Å². The highest BCUT2D eigenvalue weighted by Gasteiger charge is 2.46. The Labute approximate surface area is 113 Å². The van der Waals surface area contributed by atoms with E-state index >= 15 is 0 Å². The van der Waals surface area contributed by atoms with Crippen LogP contribution in [0.2, 0.25) is 0 Å². The van der Waals surface area contributed by atoms with E-state index in [1.807, 2.05) is 17.0 Å². The monoisotopic (exact) mass is 260 g/mol. The number of amides is 1. The zero-order chi connectivity index (χ0) is 13.3. The molecule has 2 heterocycles. The van der Waals surface area contributed by atoms with Gasteiger partial charge < -0.3 is 9.64 Å². The number of benzene rings is 1. The summed E-state index contributed by atoms with van der Waals surface area (Å²) in [6, 6.07) is 8.08. The predicted molar refractivity (Wildman–Crippen MR) is 72.9 cm³/mol. The molecule has 2 aliphatic heterocycles. The number of nitrogens with one attached hydrogen (secondary N) is 1. The smallest absolute Gasteiger partial charge is 0.224 e. The fourth-order valence-corrected chi connectivity index (χ4v) is 3.23. The number of rotatable bonds is 2. The molecule has 0 bridgehead atoms. The average molecular weight is 260 g/mol. The van der Waals surface area contributed by atoms with E-state index in [9.17, 15) is 4.79 Å². The Morgan fingerprint density at radius 2 is 2.05 bits per heavy atom. The summed E-state index contributed by atoms with van der Waals surface area (Å²) in [6.45, 7) is 1.83. The summed E-state index contributed by atoms with van der Waals surface area (Å²) in [4.78, 5) is 14.2. The van der Waals surface area contributed by atoms with Gasteiger partial charge in [0.2, 0.25) is 5.91 Å². The van der Waals surface area contributed by atoms with Crippen molar-refractivity contribution in [3.63, 3.8) is 0 Å². The van der Waals surface area contributed by atoms with Crippen LogP contribution in [0.1, 0.15) is 31.2 Å². The minimum atomic E-state index is -0.292. The van der Waals surface area contributed by atoms with E-state index in [0.717, 1.165) is 38.1 Å². The summed E-state index contributed by atoms with van der Waals surface area (Å²) in [6.07, 6.45) is 3.70. The minimum absolute atomic E-state index is 0.269. The highest BCUT2D eigenvalue weighted by molar-refractivity contribution is 5.80. The van der Waals surface area contributed by atoms with Gasteiger partial charge in [-0.15, -0.1) is 0 Å². The molecule has 4 heteroatoms. The summed E-state index contributed by atoms with van der Waals surface area (Å²) in [5, 5.41) is 3.61. The van der Waals surface area contributed by atoms with E-state index in [2.05, 4.69) is 17.4 Å². The van der Waals surface area contributed by atoms with Gasteiger partial charge in [-0.1, -0.05) is 12.1 Å². The standard InChI is InChI=1S/C15H20N2O2/c1-19-13-6-4-12(5-7-13)15-9-8-14(18)17(15)11-3-2-10-16-15/h4-7,16H,2-3,8-11H2,1H3/t15-/m1/s1. The van der Waals surface area contributed by atoms with Crippen molar-refractivity contribution in [2.24, 2.45) is 0 Å². The molecule has 19 heavy (non-hydrogen) atoms. The SMILES string of the molecule is COc1ccc([C@@]23CCC(=O)N2CCCCN3)cc1. The largest absolute Gasteiger partial charge is 0.497 e. The number of ether oxygens (including phenoxy) is 1. The van der Waals surface area contributed by atoms with Crippen molar-refractivity contribution in [1.29, 1.82) is 0 Å². The number of methoxy groups -OCH3 is 1. The van der Waals surface area contributed by atoms with Crippen molar-refractivity contribution in [2.45, 2.75) is 31.3 Å². The Balaban J connectivity index is 1.99. The quantitative estimate of drug-likeness (QED) is 0.882. The van der Waals surface area contributed by atoms with E-state index in [4.69, 9.17) is 4.74 Å². The Morgan fingerprint density at radius 1 is 1.26 bits per heavy atom. The molecule has 0 spiro atoms. The molecule has 2 fully saturated rings. The fourth-order valence-electron chi connectivity index (χ4n) is 3.23. The van der Waals surface area contributed by atoms with Crippen LogP contribution in [-0.2, 0) is 10.5 Å². The first-order valence-electron chi connectivity index (χ1n) is 6.96. The highest BCUT2D eigenvalue weighted by Crippen LogP contribution is 2.39. The Bertz CT molecular complexity index is 472. The molecule has 0 aliphatic carbocycles. The molecule has 1 amide bonds. The lowest BCUT2D eigenvalue weighted by molar-refractivity contribution is -0.132. The lowest BCUT2D eigenvalue weighted by Crippen LogP contribution is -2.52. The van der Waals surface area contributed by atoms with E-state index in [1.54, 1.807) is 7.11 Å². The third-order valence-electron chi connectivity index (χ3n) is 4.26. The number of carbonyl (C=O) groups is 1. The van der Waals surface area contributed by atoms with Crippen LogP contribution in [0.3, 0.4) is 0 Å². The molecule has 2 saturated heterocycles. The van der Waals surface area contributed by atoms with Gasteiger partial charge in [0.05, 0.1) is 7.11 Å². The molecule has 102 valence electrons. The van der Waals surface area contributed by atoms with Gasteiger partial charge in [-0.25, -0.2) is 0 Å². The van der Waals surface area contributed by atoms with Crippen molar-refractivity contribution < 1.29 is 9.53 Å². The summed E-state index contributed by atoms with van der Waals surface area (Å²) >= 11 is 0. The predicted octanol–water partition coefficient (Wildman–Crippen LogP) is 1.85. The van der Waals surface area contributed by atoms with E-state index in [-0.39, 0.29) is 11.6 Å². The van der Waals surface area contributed by atoms with Crippen LogP contribution in [-0.4, -0.2) is 31.0 Å². The van der Waals surface area contributed by atoms with Gasteiger partial charge in [-0.3, -0.25) is 10.1 Å². The van der Waals surface area contributed by atoms with Gasteiger partial charge in [-0.05, 0) is 43.5 Å². The second kappa shape index (κ2) is 4.85. The van der Waals surface area contributed by atoms with E-state index in [0.29, 0.717) is 6.42 Å². The second-order valence-corrected chi connectivity index (χ2v) is 5.27. The molecule has 1 aromatic rings. The molecule has 4 nitrogen and oxygen atoms in total. The van der Waals surface area contributed by atoms with Crippen LogP contribution < -0.4 is 10.1 Å². The fraction of sp³-hybridized carbons (Fsp3) is 0.533. The molecule has 1 N–H and O–H groups in total. The maximum atomic E-state index is 12.1. The number of hydrogen-bond donors (Lipinski definition) is 1.